The van der Waals surface area contributed by atoms with Gasteiger partial charge < -0.3 is 0 Å². The smallest absolute Gasteiger partial charge is 0.211 e. The van der Waals surface area contributed by atoms with Crippen LogP contribution >= 0.6 is 0 Å². The van der Waals surface area contributed by atoms with Gasteiger partial charge in [0.05, 0.1) is 0 Å². The van der Waals surface area contributed by atoms with Crippen molar-refractivity contribution in [3.8, 4) is 0 Å². The topological polar surface area (TPSA) is 37.4 Å². The van der Waals surface area contributed by atoms with E-state index in [-0.39, 0.29) is 0 Å². The first-order valence-electron chi connectivity index (χ1n) is 4.58. The van der Waals surface area contributed by atoms with Crippen molar-refractivity contribution in [1.82, 2.24) is 4.31 Å². The lowest BCUT2D eigenvalue weighted by Crippen LogP contribution is -2.42. The van der Waals surface area contributed by atoms with Gasteiger partial charge in [-0.05, 0) is 20.3 Å². The maximum Gasteiger partial charge on any atom is 0.222 e. The molecule has 0 saturated carbocycles. The van der Waals surface area contributed by atoms with Gasteiger partial charge in [-0.3, -0.25) is 0 Å². The lowest BCUT2D eigenvalue weighted by Gasteiger charge is -2.30. The Kier molecular flexibility index (Phi) is 2.88. The van der Waals surface area contributed by atoms with E-state index in [9.17, 15) is 8.42 Å². The molecule has 0 aromatic heterocycles. The van der Waals surface area contributed by atoms with Gasteiger partial charge in [0.25, 0.3) is 0 Å². The standard InChI is InChI=1S/C10H17NO2S/c1-9-5-7-10(2,8-6-9)14(12,13)11(3)4/h5-7H,8H2,1-4H3. The molecule has 0 N–H and O–H groups in total. The van der Waals surface area contributed by atoms with Gasteiger partial charge in [-0.25, -0.2) is 12.7 Å². The highest BCUT2D eigenvalue weighted by atomic mass is 32.2. The summed E-state index contributed by atoms with van der Waals surface area (Å²) in [7, 11) is -0.0829. The molecule has 1 aliphatic rings. The molecule has 80 valence electrons. The molecule has 0 aliphatic heterocycles. The Labute approximate surface area is 86.2 Å². The molecule has 4 heteroatoms. The van der Waals surface area contributed by atoms with E-state index < -0.39 is 14.8 Å². The van der Waals surface area contributed by atoms with E-state index in [1.807, 2.05) is 19.1 Å². The Morgan fingerprint density at radius 2 is 2.00 bits per heavy atom. The van der Waals surface area contributed by atoms with Gasteiger partial charge in [0.1, 0.15) is 4.75 Å². The molecule has 1 aliphatic carbocycles. The lowest BCUT2D eigenvalue weighted by atomic mass is 9.98. The second-order valence-electron chi connectivity index (χ2n) is 4.09. The van der Waals surface area contributed by atoms with Crippen LogP contribution in [-0.2, 0) is 10.0 Å². The highest BCUT2D eigenvalue weighted by Crippen LogP contribution is 2.30. The van der Waals surface area contributed by atoms with Gasteiger partial charge >= 0.3 is 0 Å². The monoisotopic (exact) mass is 215 g/mol. The van der Waals surface area contributed by atoms with Gasteiger partial charge in [0.15, 0.2) is 0 Å². The van der Waals surface area contributed by atoms with Crippen molar-refractivity contribution in [1.29, 1.82) is 0 Å². The molecule has 0 fully saturated rings. The van der Waals surface area contributed by atoms with Gasteiger partial charge in [0, 0.05) is 14.1 Å². The highest BCUT2D eigenvalue weighted by molar-refractivity contribution is 7.90. The minimum Gasteiger partial charge on any atom is -0.211 e. The zero-order valence-electron chi connectivity index (χ0n) is 9.11. The van der Waals surface area contributed by atoms with Crippen LogP contribution in [0.5, 0.6) is 0 Å². The summed E-state index contributed by atoms with van der Waals surface area (Å²) in [5.74, 6) is 0. The van der Waals surface area contributed by atoms with E-state index in [1.165, 1.54) is 4.31 Å². The predicted octanol–water partition coefficient (Wildman–Crippen LogP) is 1.54. The molecule has 0 bridgehead atoms. The van der Waals surface area contributed by atoms with Crippen LogP contribution in [0.25, 0.3) is 0 Å². The summed E-state index contributed by atoms with van der Waals surface area (Å²) in [6, 6.07) is 0. The Morgan fingerprint density at radius 1 is 1.43 bits per heavy atom. The Hall–Kier alpha value is -0.610. The fourth-order valence-electron chi connectivity index (χ4n) is 1.42. The molecule has 14 heavy (non-hydrogen) atoms. The van der Waals surface area contributed by atoms with E-state index in [4.69, 9.17) is 0 Å². The molecule has 0 spiro atoms. The highest BCUT2D eigenvalue weighted by Gasteiger charge is 2.38. The molecule has 0 saturated heterocycles. The van der Waals surface area contributed by atoms with E-state index in [0.717, 1.165) is 5.57 Å². The van der Waals surface area contributed by atoms with Crippen LogP contribution < -0.4 is 0 Å². The number of hydrogen-bond donors (Lipinski definition) is 0. The van der Waals surface area contributed by atoms with Crippen molar-refractivity contribution in [2.75, 3.05) is 14.1 Å². The maximum absolute atomic E-state index is 12.0. The molecule has 1 atom stereocenters. The average molecular weight is 215 g/mol. The molecule has 0 aromatic rings. The third-order valence-corrected chi connectivity index (χ3v) is 5.04. The fraction of sp³-hybridized carbons (Fsp3) is 0.600. The van der Waals surface area contributed by atoms with E-state index in [1.54, 1.807) is 27.1 Å². The van der Waals surface area contributed by atoms with E-state index in [2.05, 4.69) is 0 Å². The largest absolute Gasteiger partial charge is 0.222 e. The second-order valence-corrected chi connectivity index (χ2v) is 6.70. The maximum atomic E-state index is 12.0. The first kappa shape index (κ1) is 11.5. The molecule has 0 amide bonds. The minimum absolute atomic E-state index is 0.551. The molecule has 0 radical (unpaired) electrons. The van der Waals surface area contributed by atoms with Crippen LogP contribution in [0.3, 0.4) is 0 Å². The summed E-state index contributed by atoms with van der Waals surface area (Å²) in [6.07, 6.45) is 6.15. The van der Waals surface area contributed by atoms with E-state index in [0.29, 0.717) is 6.42 Å². The fourth-order valence-corrected chi connectivity index (χ4v) is 2.78. The minimum atomic E-state index is -3.22. The van der Waals surface area contributed by atoms with Crippen molar-refractivity contribution < 1.29 is 8.42 Å². The van der Waals surface area contributed by atoms with Crippen LogP contribution in [0.2, 0.25) is 0 Å². The van der Waals surface area contributed by atoms with Crippen LogP contribution in [0.1, 0.15) is 20.3 Å². The molecule has 0 heterocycles. The molecule has 1 rings (SSSR count). The number of rotatable bonds is 2. The van der Waals surface area contributed by atoms with Crippen molar-refractivity contribution >= 4 is 10.0 Å². The van der Waals surface area contributed by atoms with Gasteiger partial charge in [0.2, 0.25) is 10.0 Å². The van der Waals surface area contributed by atoms with Crippen molar-refractivity contribution in [2.24, 2.45) is 0 Å². The Bertz CT molecular complexity index is 379. The van der Waals surface area contributed by atoms with Gasteiger partial charge in [-0.15, -0.1) is 0 Å². The predicted molar refractivity (Wildman–Crippen MR) is 58.5 cm³/mol. The lowest BCUT2D eigenvalue weighted by molar-refractivity contribution is 0.489. The number of hydrogen-bond acceptors (Lipinski definition) is 2. The Morgan fingerprint density at radius 3 is 2.36 bits per heavy atom. The SMILES string of the molecule is CC1=CCC(C)(S(=O)(=O)N(C)C)C=C1. The first-order chi connectivity index (χ1) is 6.29. The zero-order valence-corrected chi connectivity index (χ0v) is 9.93. The summed E-state index contributed by atoms with van der Waals surface area (Å²) in [4.78, 5) is 0. The number of allylic oxidation sites excluding steroid dienone is 3. The van der Waals surface area contributed by atoms with Gasteiger partial charge in [-0.2, -0.15) is 0 Å². The van der Waals surface area contributed by atoms with Gasteiger partial charge in [-0.1, -0.05) is 23.8 Å². The van der Waals surface area contributed by atoms with Crippen molar-refractivity contribution in [3.63, 3.8) is 0 Å². The summed E-state index contributed by atoms with van der Waals surface area (Å²) >= 11 is 0. The van der Waals surface area contributed by atoms with Crippen molar-refractivity contribution in [2.45, 2.75) is 25.0 Å². The van der Waals surface area contributed by atoms with Crippen molar-refractivity contribution in [3.05, 3.63) is 23.8 Å². The molecule has 1 unspecified atom stereocenters. The first-order valence-corrected chi connectivity index (χ1v) is 6.02. The third kappa shape index (κ3) is 1.77. The van der Waals surface area contributed by atoms with Crippen LogP contribution in [0.15, 0.2) is 23.8 Å². The Balaban J connectivity index is 3.07. The van der Waals surface area contributed by atoms with Crippen LogP contribution in [-0.4, -0.2) is 31.6 Å². The summed E-state index contributed by atoms with van der Waals surface area (Å²) < 4.78 is 24.4. The summed E-state index contributed by atoms with van der Waals surface area (Å²) in [6.45, 7) is 3.72. The molecule has 3 nitrogen and oxygen atoms in total. The van der Waals surface area contributed by atoms with Crippen LogP contribution in [0.4, 0.5) is 0 Å². The second kappa shape index (κ2) is 3.51. The summed E-state index contributed by atoms with van der Waals surface area (Å²) in [5.41, 5.74) is 1.12. The van der Waals surface area contributed by atoms with Crippen LogP contribution in [0, 0.1) is 0 Å². The number of nitrogens with zero attached hydrogens (tertiary/aromatic N) is 1. The normalized spacial score (nSPS) is 27.9. The quantitative estimate of drug-likeness (QED) is 0.700. The molecular weight excluding hydrogens is 198 g/mol. The van der Waals surface area contributed by atoms with E-state index >= 15 is 0 Å². The molecule has 0 aromatic carbocycles. The zero-order chi connectivity index (χ0) is 11.0. The number of sulfonamides is 1. The average Bonchev–Trinajstić information content (AvgIpc) is 2.10. The molecular formula is C10H17NO2S. The third-order valence-electron chi connectivity index (χ3n) is 2.60. The summed E-state index contributed by atoms with van der Waals surface area (Å²) in [5, 5.41) is 0.